The van der Waals surface area contributed by atoms with E-state index in [0.717, 1.165) is 11.5 Å². The molecule has 0 fully saturated rings. The topological polar surface area (TPSA) is 46.0 Å². The number of aryl methyl sites for hydroxylation is 1. The van der Waals surface area contributed by atoms with Gasteiger partial charge in [0.05, 0.1) is 10.6 Å². The number of hydrogen-bond donors (Lipinski definition) is 1. The Bertz CT molecular complexity index is 598. The van der Waals surface area contributed by atoms with Gasteiger partial charge in [0.2, 0.25) is 0 Å². The summed E-state index contributed by atoms with van der Waals surface area (Å²) in [6, 6.07) is 2.84. The molecule has 1 heterocycles. The maximum atomic E-state index is 13.9. The minimum atomic E-state index is -1.24. The normalized spacial score (nSPS) is 13.0. The maximum Gasteiger partial charge on any atom is 0.165 e. The Hall–Kier alpha value is -1.40. The first-order valence-corrected chi connectivity index (χ1v) is 6.65. The molecule has 2 rings (SSSR count). The number of halogens is 2. The van der Waals surface area contributed by atoms with Crippen molar-refractivity contribution in [3.63, 3.8) is 0 Å². The number of nitrogens with zero attached hydrogens (tertiary/aromatic N) is 2. The van der Waals surface area contributed by atoms with Crippen LogP contribution in [0.1, 0.15) is 47.6 Å². The highest BCUT2D eigenvalue weighted by Crippen LogP contribution is 2.32. The fraction of sp³-hybridized carbons (Fsp3) is 0.385. The van der Waals surface area contributed by atoms with Crippen molar-refractivity contribution in [2.75, 3.05) is 0 Å². The van der Waals surface area contributed by atoms with E-state index in [1.54, 1.807) is 0 Å². The Morgan fingerprint density at radius 1 is 1.21 bits per heavy atom. The highest BCUT2D eigenvalue weighted by Gasteiger charge is 2.25. The van der Waals surface area contributed by atoms with E-state index in [4.69, 9.17) is 0 Å². The second kappa shape index (κ2) is 5.30. The van der Waals surface area contributed by atoms with E-state index in [-0.39, 0.29) is 17.0 Å². The first kappa shape index (κ1) is 14.0. The number of benzene rings is 1. The van der Waals surface area contributed by atoms with Gasteiger partial charge >= 0.3 is 0 Å². The van der Waals surface area contributed by atoms with Gasteiger partial charge in [0.15, 0.2) is 11.6 Å². The second-order valence-electron chi connectivity index (χ2n) is 4.68. The lowest BCUT2D eigenvalue weighted by Crippen LogP contribution is -2.07. The van der Waals surface area contributed by atoms with Gasteiger partial charge in [-0.2, -0.15) is 0 Å². The molecule has 1 aromatic heterocycles. The third kappa shape index (κ3) is 2.50. The second-order valence-corrected chi connectivity index (χ2v) is 5.47. The third-order valence-corrected chi connectivity index (χ3v) is 3.73. The minimum absolute atomic E-state index is 0.0572. The molecule has 0 amide bonds. The molecule has 0 aliphatic rings. The average molecular weight is 284 g/mol. The van der Waals surface area contributed by atoms with Crippen molar-refractivity contribution in [2.24, 2.45) is 0 Å². The fourth-order valence-corrected chi connectivity index (χ4v) is 2.62. The molecule has 19 heavy (non-hydrogen) atoms. The number of aliphatic hydroxyl groups excluding tert-OH is 1. The molecular formula is C13H14F2N2OS. The van der Waals surface area contributed by atoms with Crippen LogP contribution < -0.4 is 0 Å². The SMILES string of the molecule is Cc1ccc(C(O)c2snnc2C(C)C)c(F)c1F. The number of hydrogen-bond acceptors (Lipinski definition) is 4. The van der Waals surface area contributed by atoms with Crippen LogP contribution in [0.25, 0.3) is 0 Å². The van der Waals surface area contributed by atoms with Gasteiger partial charge in [-0.15, -0.1) is 5.10 Å². The zero-order valence-corrected chi connectivity index (χ0v) is 11.6. The molecule has 0 saturated heterocycles. The molecule has 2 aromatic rings. The van der Waals surface area contributed by atoms with Gasteiger partial charge < -0.3 is 5.11 Å². The van der Waals surface area contributed by atoms with Crippen molar-refractivity contribution in [3.05, 3.63) is 45.5 Å². The van der Waals surface area contributed by atoms with Crippen molar-refractivity contribution < 1.29 is 13.9 Å². The molecule has 0 radical (unpaired) electrons. The number of aromatic nitrogens is 2. The highest BCUT2D eigenvalue weighted by atomic mass is 32.1. The smallest absolute Gasteiger partial charge is 0.165 e. The lowest BCUT2D eigenvalue weighted by Gasteiger charge is -2.13. The molecular weight excluding hydrogens is 270 g/mol. The van der Waals surface area contributed by atoms with Crippen LogP contribution in [-0.2, 0) is 0 Å². The summed E-state index contributed by atoms with van der Waals surface area (Å²) in [5.74, 6) is -1.89. The van der Waals surface area contributed by atoms with Crippen LogP contribution in [0.5, 0.6) is 0 Å². The largest absolute Gasteiger partial charge is 0.383 e. The molecule has 102 valence electrons. The molecule has 0 aliphatic heterocycles. The summed E-state index contributed by atoms with van der Waals surface area (Å²) in [5.41, 5.74) is 0.730. The lowest BCUT2D eigenvalue weighted by molar-refractivity contribution is 0.215. The van der Waals surface area contributed by atoms with E-state index in [1.807, 2.05) is 13.8 Å². The summed E-state index contributed by atoms with van der Waals surface area (Å²) in [4.78, 5) is 0.456. The predicted octanol–water partition coefficient (Wildman–Crippen LogP) is 3.33. The van der Waals surface area contributed by atoms with E-state index in [1.165, 1.54) is 19.1 Å². The number of rotatable bonds is 3. The molecule has 1 N–H and O–H groups in total. The summed E-state index contributed by atoms with van der Waals surface area (Å²) in [6.45, 7) is 5.28. The maximum absolute atomic E-state index is 13.9. The Morgan fingerprint density at radius 2 is 1.89 bits per heavy atom. The van der Waals surface area contributed by atoms with Crippen molar-refractivity contribution in [1.29, 1.82) is 0 Å². The van der Waals surface area contributed by atoms with Crippen molar-refractivity contribution in [1.82, 2.24) is 9.59 Å². The summed E-state index contributed by atoms with van der Waals surface area (Å²) in [6.07, 6.45) is -1.24. The summed E-state index contributed by atoms with van der Waals surface area (Å²) >= 11 is 0.999. The molecule has 1 unspecified atom stereocenters. The monoisotopic (exact) mass is 284 g/mol. The Labute approximate surface area is 114 Å². The minimum Gasteiger partial charge on any atom is -0.383 e. The predicted molar refractivity (Wildman–Crippen MR) is 69.2 cm³/mol. The van der Waals surface area contributed by atoms with Gasteiger partial charge in [0.25, 0.3) is 0 Å². The Morgan fingerprint density at radius 3 is 2.53 bits per heavy atom. The van der Waals surface area contributed by atoms with Gasteiger partial charge in [-0.3, -0.25) is 0 Å². The van der Waals surface area contributed by atoms with E-state index in [9.17, 15) is 13.9 Å². The zero-order valence-electron chi connectivity index (χ0n) is 10.8. The molecule has 0 saturated carbocycles. The van der Waals surface area contributed by atoms with E-state index in [2.05, 4.69) is 9.59 Å². The third-order valence-electron chi connectivity index (χ3n) is 2.94. The molecule has 0 bridgehead atoms. The van der Waals surface area contributed by atoms with Gasteiger partial charge in [-0.1, -0.05) is 30.5 Å². The molecule has 0 spiro atoms. The van der Waals surface area contributed by atoms with E-state index >= 15 is 0 Å². The van der Waals surface area contributed by atoms with Gasteiger partial charge in [0, 0.05) is 5.56 Å². The van der Waals surface area contributed by atoms with Gasteiger partial charge in [-0.05, 0) is 29.9 Å². The first-order valence-electron chi connectivity index (χ1n) is 5.88. The molecule has 3 nitrogen and oxygen atoms in total. The molecule has 1 aromatic carbocycles. The van der Waals surface area contributed by atoms with Gasteiger partial charge in [-0.25, -0.2) is 8.78 Å². The van der Waals surface area contributed by atoms with E-state index in [0.29, 0.717) is 10.6 Å². The Kier molecular flexibility index (Phi) is 3.91. The molecule has 6 heteroatoms. The van der Waals surface area contributed by atoms with Crippen LogP contribution in [0.4, 0.5) is 8.78 Å². The van der Waals surface area contributed by atoms with Crippen molar-refractivity contribution >= 4 is 11.5 Å². The van der Waals surface area contributed by atoms with Crippen LogP contribution in [0.3, 0.4) is 0 Å². The van der Waals surface area contributed by atoms with Crippen LogP contribution in [0.15, 0.2) is 12.1 Å². The fourth-order valence-electron chi connectivity index (χ4n) is 1.81. The lowest BCUT2D eigenvalue weighted by atomic mass is 10.0. The van der Waals surface area contributed by atoms with Gasteiger partial charge in [0.1, 0.15) is 6.10 Å². The first-order chi connectivity index (χ1) is 8.93. The van der Waals surface area contributed by atoms with Crippen LogP contribution in [0, 0.1) is 18.6 Å². The van der Waals surface area contributed by atoms with Crippen LogP contribution in [0.2, 0.25) is 0 Å². The van der Waals surface area contributed by atoms with Crippen LogP contribution >= 0.6 is 11.5 Å². The van der Waals surface area contributed by atoms with Crippen molar-refractivity contribution in [2.45, 2.75) is 32.8 Å². The molecule has 1 atom stereocenters. The quantitative estimate of drug-likeness (QED) is 0.940. The van der Waals surface area contributed by atoms with E-state index < -0.39 is 17.7 Å². The van der Waals surface area contributed by atoms with Crippen LogP contribution in [-0.4, -0.2) is 14.7 Å². The summed E-state index contributed by atoms with van der Waals surface area (Å²) in [7, 11) is 0. The molecule has 0 aliphatic carbocycles. The summed E-state index contributed by atoms with van der Waals surface area (Å²) in [5, 5.41) is 14.2. The number of aliphatic hydroxyl groups is 1. The van der Waals surface area contributed by atoms with Crippen molar-refractivity contribution in [3.8, 4) is 0 Å². The standard InChI is InChI=1S/C13H14F2N2OS/c1-6(2)11-13(19-17-16-11)12(18)8-5-4-7(3)9(14)10(8)15/h4-6,12,18H,1-3H3. The zero-order chi connectivity index (χ0) is 14.2. The average Bonchev–Trinajstić information content (AvgIpc) is 2.84. The summed E-state index contributed by atoms with van der Waals surface area (Å²) < 4.78 is 31.2. The Balaban J connectivity index is 2.47. The highest BCUT2D eigenvalue weighted by molar-refractivity contribution is 7.05.